The minimum absolute atomic E-state index is 0.0711. The fraction of sp³-hybridized carbons (Fsp3) is 0.286. The molecule has 22 heavy (non-hydrogen) atoms. The third-order valence-corrected chi connectivity index (χ3v) is 3.33. The van der Waals surface area contributed by atoms with E-state index in [2.05, 4.69) is 20.4 Å². The number of hydrogen-bond donors (Lipinski definition) is 2. The molecular formula is C14H12F3N3O2. The third kappa shape index (κ3) is 2.96. The monoisotopic (exact) mass is 311 g/mol. The lowest BCUT2D eigenvalue weighted by Crippen LogP contribution is -2.56. The number of fused-ring (bicyclic) bond motifs is 1. The molecule has 0 spiro atoms. The van der Waals surface area contributed by atoms with E-state index in [0.29, 0.717) is 18.5 Å². The molecule has 0 atom stereocenters. The van der Waals surface area contributed by atoms with Crippen LogP contribution in [0.4, 0.5) is 13.2 Å². The summed E-state index contributed by atoms with van der Waals surface area (Å²) in [5.74, 6) is -1.82. The molecule has 116 valence electrons. The second-order valence-corrected chi connectivity index (χ2v) is 4.91. The van der Waals surface area contributed by atoms with Gasteiger partial charge < -0.3 is 15.4 Å². The number of carbonyl (C=O) groups is 1. The molecule has 0 saturated carbocycles. The van der Waals surface area contributed by atoms with Crippen LogP contribution < -0.4 is 15.4 Å². The highest BCUT2D eigenvalue weighted by Crippen LogP contribution is 2.25. The first-order valence-electron chi connectivity index (χ1n) is 6.58. The fourth-order valence-electron chi connectivity index (χ4n) is 2.10. The van der Waals surface area contributed by atoms with Gasteiger partial charge in [0.05, 0.1) is 17.1 Å². The number of ether oxygens (including phenoxy) is 1. The highest BCUT2D eigenvalue weighted by molar-refractivity contribution is 5.97. The largest absolute Gasteiger partial charge is 0.432 e. The van der Waals surface area contributed by atoms with E-state index in [0.717, 1.165) is 12.1 Å². The molecule has 8 heteroatoms. The van der Waals surface area contributed by atoms with Gasteiger partial charge in [-0.15, -0.1) is 0 Å². The van der Waals surface area contributed by atoms with Gasteiger partial charge in [0.25, 0.3) is 5.91 Å². The van der Waals surface area contributed by atoms with E-state index >= 15 is 0 Å². The maximum Gasteiger partial charge on any atom is 0.387 e. The molecule has 1 aromatic carbocycles. The molecule has 2 heterocycles. The molecular weight excluding hydrogens is 299 g/mol. The second kappa shape index (κ2) is 5.80. The molecule has 0 radical (unpaired) electrons. The number of amides is 1. The Hall–Kier alpha value is -2.35. The summed E-state index contributed by atoms with van der Waals surface area (Å²) < 4.78 is 42.1. The van der Waals surface area contributed by atoms with Crippen molar-refractivity contribution in [1.82, 2.24) is 15.6 Å². The van der Waals surface area contributed by atoms with Crippen molar-refractivity contribution in [2.75, 3.05) is 13.1 Å². The first-order valence-corrected chi connectivity index (χ1v) is 6.58. The van der Waals surface area contributed by atoms with E-state index in [9.17, 15) is 18.0 Å². The standard InChI is InChI=1S/C14H12F3N3O2/c15-10-2-7-1-8(13(21)20-9-5-18-6-9)4-19-11(7)3-12(10)22-14(16)17/h1-4,9,14,18H,5-6H2,(H,20,21). The molecule has 0 bridgehead atoms. The van der Waals surface area contributed by atoms with E-state index < -0.39 is 18.2 Å². The Morgan fingerprint density at radius 2 is 2.14 bits per heavy atom. The zero-order chi connectivity index (χ0) is 15.7. The molecule has 2 N–H and O–H groups in total. The van der Waals surface area contributed by atoms with Crippen LogP contribution in [0.5, 0.6) is 5.75 Å². The predicted molar refractivity (Wildman–Crippen MR) is 72.5 cm³/mol. The summed E-state index contributed by atoms with van der Waals surface area (Å²) in [5, 5.41) is 6.14. The number of hydrogen-bond acceptors (Lipinski definition) is 4. The van der Waals surface area contributed by atoms with Crippen molar-refractivity contribution in [2.45, 2.75) is 12.7 Å². The van der Waals surface area contributed by atoms with Crippen LogP contribution in [0.15, 0.2) is 24.4 Å². The molecule has 0 aliphatic carbocycles. The number of aromatic nitrogens is 1. The Bertz CT molecular complexity index is 720. The second-order valence-electron chi connectivity index (χ2n) is 4.91. The lowest BCUT2D eigenvalue weighted by molar-refractivity contribution is -0.0520. The van der Waals surface area contributed by atoms with Crippen molar-refractivity contribution in [1.29, 1.82) is 0 Å². The van der Waals surface area contributed by atoms with Gasteiger partial charge in [-0.2, -0.15) is 8.78 Å². The number of nitrogens with one attached hydrogen (secondary N) is 2. The molecule has 1 aliphatic heterocycles. The molecule has 3 rings (SSSR count). The molecule has 2 aromatic rings. The van der Waals surface area contributed by atoms with Crippen molar-refractivity contribution < 1.29 is 22.7 Å². The molecule has 1 aromatic heterocycles. The van der Waals surface area contributed by atoms with Crippen LogP contribution in [0.3, 0.4) is 0 Å². The van der Waals surface area contributed by atoms with Crippen LogP contribution in [0.1, 0.15) is 10.4 Å². The molecule has 1 saturated heterocycles. The summed E-state index contributed by atoms with van der Waals surface area (Å²) in [4.78, 5) is 16.0. The van der Waals surface area contributed by atoms with Gasteiger partial charge in [0.15, 0.2) is 11.6 Å². The Morgan fingerprint density at radius 3 is 2.77 bits per heavy atom. The molecule has 5 nitrogen and oxygen atoms in total. The topological polar surface area (TPSA) is 63.2 Å². The summed E-state index contributed by atoms with van der Waals surface area (Å²) in [7, 11) is 0. The Kier molecular flexibility index (Phi) is 3.84. The quantitative estimate of drug-likeness (QED) is 0.902. The third-order valence-electron chi connectivity index (χ3n) is 3.33. The lowest BCUT2D eigenvalue weighted by Gasteiger charge is -2.27. The van der Waals surface area contributed by atoms with Crippen molar-refractivity contribution in [3.8, 4) is 5.75 Å². The van der Waals surface area contributed by atoms with Gasteiger partial charge in [-0.25, -0.2) is 4.39 Å². The zero-order valence-corrected chi connectivity index (χ0v) is 11.3. The van der Waals surface area contributed by atoms with Crippen LogP contribution in [-0.2, 0) is 0 Å². The minimum Gasteiger partial charge on any atom is -0.432 e. The van der Waals surface area contributed by atoms with Crippen LogP contribution >= 0.6 is 0 Å². The van der Waals surface area contributed by atoms with Crippen LogP contribution in [0.25, 0.3) is 10.9 Å². The van der Waals surface area contributed by atoms with Gasteiger partial charge in [0.1, 0.15) is 0 Å². The summed E-state index contributed by atoms with van der Waals surface area (Å²) in [6.07, 6.45) is 1.31. The van der Waals surface area contributed by atoms with Gasteiger partial charge in [0, 0.05) is 30.7 Å². The average molecular weight is 311 g/mol. The van der Waals surface area contributed by atoms with E-state index in [4.69, 9.17) is 0 Å². The summed E-state index contributed by atoms with van der Waals surface area (Å²) in [6, 6.07) is 3.62. The number of carbonyl (C=O) groups excluding carboxylic acids is 1. The number of rotatable bonds is 4. The van der Waals surface area contributed by atoms with Crippen LogP contribution in [-0.4, -0.2) is 36.6 Å². The highest BCUT2D eigenvalue weighted by Gasteiger charge is 2.20. The number of nitrogens with zero attached hydrogens (tertiary/aromatic N) is 1. The zero-order valence-electron chi connectivity index (χ0n) is 11.3. The first-order chi connectivity index (χ1) is 10.5. The Morgan fingerprint density at radius 1 is 1.36 bits per heavy atom. The Labute approximate surface area is 123 Å². The van der Waals surface area contributed by atoms with Crippen molar-refractivity contribution in [3.05, 3.63) is 35.8 Å². The van der Waals surface area contributed by atoms with Crippen molar-refractivity contribution >= 4 is 16.8 Å². The van der Waals surface area contributed by atoms with Crippen LogP contribution in [0.2, 0.25) is 0 Å². The first kappa shape index (κ1) is 14.6. The average Bonchev–Trinajstić information content (AvgIpc) is 2.42. The van der Waals surface area contributed by atoms with Crippen LogP contribution in [0, 0.1) is 5.82 Å². The fourth-order valence-corrected chi connectivity index (χ4v) is 2.10. The van der Waals surface area contributed by atoms with E-state index in [-0.39, 0.29) is 23.0 Å². The number of halogens is 3. The van der Waals surface area contributed by atoms with Gasteiger partial charge in [-0.3, -0.25) is 9.78 Å². The van der Waals surface area contributed by atoms with Gasteiger partial charge >= 0.3 is 6.61 Å². The number of pyridine rings is 1. The van der Waals surface area contributed by atoms with Gasteiger partial charge in [0.2, 0.25) is 0 Å². The normalized spacial score (nSPS) is 14.9. The minimum atomic E-state index is -3.12. The van der Waals surface area contributed by atoms with E-state index in [1.165, 1.54) is 12.3 Å². The molecule has 1 aliphatic rings. The molecule has 0 unspecified atom stereocenters. The number of alkyl halides is 2. The Balaban J connectivity index is 1.87. The summed E-state index contributed by atoms with van der Waals surface area (Å²) in [6.45, 7) is -1.71. The lowest BCUT2D eigenvalue weighted by atomic mass is 10.1. The highest BCUT2D eigenvalue weighted by atomic mass is 19.3. The maximum absolute atomic E-state index is 13.7. The van der Waals surface area contributed by atoms with E-state index in [1.54, 1.807) is 0 Å². The van der Waals surface area contributed by atoms with E-state index in [1.807, 2.05) is 0 Å². The summed E-state index contributed by atoms with van der Waals surface area (Å²) in [5.41, 5.74) is 0.542. The summed E-state index contributed by atoms with van der Waals surface area (Å²) >= 11 is 0. The molecule has 1 amide bonds. The van der Waals surface area contributed by atoms with Gasteiger partial charge in [-0.1, -0.05) is 0 Å². The van der Waals surface area contributed by atoms with Crippen molar-refractivity contribution in [3.63, 3.8) is 0 Å². The molecule has 1 fully saturated rings. The van der Waals surface area contributed by atoms with Crippen molar-refractivity contribution in [2.24, 2.45) is 0 Å². The predicted octanol–water partition coefficient (Wildman–Crippen LogP) is 1.68. The SMILES string of the molecule is O=C(NC1CNC1)c1cnc2cc(OC(F)F)c(F)cc2c1. The maximum atomic E-state index is 13.7. The van der Waals surface area contributed by atoms with Gasteiger partial charge in [-0.05, 0) is 12.1 Å². The number of benzene rings is 1. The smallest absolute Gasteiger partial charge is 0.387 e.